The van der Waals surface area contributed by atoms with Gasteiger partial charge in [-0.2, -0.15) is 0 Å². The van der Waals surface area contributed by atoms with E-state index < -0.39 is 0 Å². The van der Waals surface area contributed by atoms with Gasteiger partial charge < -0.3 is 4.57 Å². The zero-order valence-corrected chi connectivity index (χ0v) is 33.6. The maximum absolute atomic E-state index is 2.39. The molecule has 0 bridgehead atoms. The first kappa shape index (κ1) is 36.1. The topological polar surface area (TPSA) is 4.93 Å². The molecule has 1 aromatic heterocycles. The molecule has 0 saturated heterocycles. The molecule has 0 unspecified atom stereocenters. The van der Waals surface area contributed by atoms with Crippen molar-refractivity contribution < 1.29 is 0 Å². The van der Waals surface area contributed by atoms with Gasteiger partial charge in [0.15, 0.2) is 0 Å². The van der Waals surface area contributed by atoms with Gasteiger partial charge in [0.05, 0.1) is 11.0 Å². The highest BCUT2D eigenvalue weighted by Crippen LogP contribution is 2.40. The number of fused-ring (bicyclic) bond motifs is 3. The minimum absolute atomic E-state index is 1.14. The van der Waals surface area contributed by atoms with E-state index in [1.807, 2.05) is 0 Å². The highest BCUT2D eigenvalue weighted by Gasteiger charge is 2.15. The van der Waals surface area contributed by atoms with Gasteiger partial charge >= 0.3 is 0 Å². The Kier molecular flexibility index (Phi) is 9.26. The molecule has 0 aliphatic carbocycles. The Morgan fingerprint density at radius 2 is 0.410 bits per heavy atom. The maximum atomic E-state index is 2.39. The summed E-state index contributed by atoms with van der Waals surface area (Å²) in [5.74, 6) is 0. The average Bonchev–Trinajstić information content (AvgIpc) is 3.69. The summed E-state index contributed by atoms with van der Waals surface area (Å²) in [5.41, 5.74) is 20.1. The molecule has 11 rings (SSSR count). The molecule has 61 heavy (non-hydrogen) atoms. The molecule has 0 amide bonds. The Morgan fingerprint density at radius 1 is 0.180 bits per heavy atom. The van der Waals surface area contributed by atoms with Crippen molar-refractivity contribution in [2.75, 3.05) is 0 Å². The number of rotatable bonds is 8. The van der Waals surface area contributed by atoms with E-state index in [2.05, 4.69) is 253 Å². The van der Waals surface area contributed by atoms with E-state index in [0.29, 0.717) is 0 Å². The monoisotopic (exact) mass is 775 g/mol. The predicted molar refractivity (Wildman–Crippen MR) is 259 cm³/mol. The standard InChI is InChI=1S/C60H41N/c1-5-17-42(18-6-1)47-33-48(43-19-7-2-8-20-43)36-52(35-47)54-39-51(46-29-31-56(32-30-46)61-59-27-15-13-25-57(59)58-26-14-16-28-60(58)61)40-55(41-54)53-37-49(44-21-9-3-10-22-44)34-50(38-53)45-23-11-4-12-24-45/h1-41H. The van der Waals surface area contributed by atoms with Gasteiger partial charge in [-0.25, -0.2) is 0 Å². The van der Waals surface area contributed by atoms with Crippen molar-refractivity contribution in [2.45, 2.75) is 0 Å². The van der Waals surface area contributed by atoms with Gasteiger partial charge in [-0.3, -0.25) is 0 Å². The fourth-order valence-corrected chi connectivity index (χ4v) is 8.91. The zero-order valence-electron chi connectivity index (χ0n) is 33.6. The van der Waals surface area contributed by atoms with E-state index in [9.17, 15) is 0 Å². The predicted octanol–water partition coefficient (Wildman–Crippen LogP) is 16.5. The van der Waals surface area contributed by atoms with Crippen LogP contribution in [0.15, 0.2) is 249 Å². The molecule has 1 heteroatoms. The lowest BCUT2D eigenvalue weighted by molar-refractivity contribution is 1.18. The minimum Gasteiger partial charge on any atom is -0.309 e. The molecular weight excluding hydrogens is 735 g/mol. The van der Waals surface area contributed by atoms with Gasteiger partial charge in [-0.1, -0.05) is 170 Å². The van der Waals surface area contributed by atoms with Crippen molar-refractivity contribution in [3.63, 3.8) is 0 Å². The molecule has 1 heterocycles. The van der Waals surface area contributed by atoms with E-state index in [4.69, 9.17) is 0 Å². The third-order valence-electron chi connectivity index (χ3n) is 11.9. The lowest BCUT2D eigenvalue weighted by Gasteiger charge is -2.16. The van der Waals surface area contributed by atoms with E-state index >= 15 is 0 Å². The van der Waals surface area contributed by atoms with Crippen LogP contribution in [0.4, 0.5) is 0 Å². The second-order valence-electron chi connectivity index (χ2n) is 15.8. The molecule has 0 aliphatic heterocycles. The van der Waals surface area contributed by atoms with Crippen LogP contribution in [-0.4, -0.2) is 4.57 Å². The Morgan fingerprint density at radius 3 is 0.705 bits per heavy atom. The third-order valence-corrected chi connectivity index (χ3v) is 11.9. The van der Waals surface area contributed by atoms with Crippen molar-refractivity contribution >= 4 is 21.8 Å². The summed E-state index contributed by atoms with van der Waals surface area (Å²) in [6.45, 7) is 0. The van der Waals surface area contributed by atoms with Gasteiger partial charge in [-0.05, 0) is 157 Å². The average molecular weight is 776 g/mol. The van der Waals surface area contributed by atoms with Gasteiger partial charge in [0, 0.05) is 16.5 Å². The van der Waals surface area contributed by atoms with Gasteiger partial charge in [0.25, 0.3) is 0 Å². The third kappa shape index (κ3) is 7.03. The number of hydrogen-bond acceptors (Lipinski definition) is 0. The van der Waals surface area contributed by atoms with Crippen molar-refractivity contribution in [1.29, 1.82) is 0 Å². The van der Waals surface area contributed by atoms with Crippen molar-refractivity contribution in [3.8, 4) is 83.6 Å². The highest BCUT2D eigenvalue weighted by atomic mass is 15.0. The van der Waals surface area contributed by atoms with Crippen LogP contribution in [0.2, 0.25) is 0 Å². The zero-order chi connectivity index (χ0) is 40.5. The van der Waals surface area contributed by atoms with Gasteiger partial charge in [0.2, 0.25) is 0 Å². The number of nitrogens with zero attached hydrogens (tertiary/aromatic N) is 1. The lowest BCUT2D eigenvalue weighted by atomic mass is 9.88. The molecule has 1 nitrogen and oxygen atoms in total. The number of para-hydroxylation sites is 2. The van der Waals surface area contributed by atoms with Gasteiger partial charge in [0.1, 0.15) is 0 Å². The molecular formula is C60H41N. The molecule has 0 aliphatic rings. The molecule has 10 aromatic carbocycles. The van der Waals surface area contributed by atoms with Crippen LogP contribution < -0.4 is 0 Å². The highest BCUT2D eigenvalue weighted by molar-refractivity contribution is 6.09. The molecule has 286 valence electrons. The largest absolute Gasteiger partial charge is 0.309 e. The summed E-state index contributed by atoms with van der Waals surface area (Å²) in [6, 6.07) is 90.6. The van der Waals surface area contributed by atoms with Crippen LogP contribution in [0, 0.1) is 0 Å². The first-order valence-corrected chi connectivity index (χ1v) is 21.0. The Hall–Kier alpha value is -8.00. The summed E-state index contributed by atoms with van der Waals surface area (Å²) in [5, 5.41) is 2.53. The Bertz CT molecular complexity index is 2990. The molecule has 0 spiro atoms. The SMILES string of the molecule is c1ccc(-c2cc(-c3ccccc3)cc(-c3cc(-c4ccc(-n5c6ccccc6c6ccccc65)cc4)cc(-c4cc(-c5ccccc5)cc(-c5ccccc5)c4)c3)c2)cc1. The summed E-state index contributed by atoms with van der Waals surface area (Å²) >= 11 is 0. The summed E-state index contributed by atoms with van der Waals surface area (Å²) in [6.07, 6.45) is 0. The second kappa shape index (κ2) is 15.6. The van der Waals surface area contributed by atoms with Crippen molar-refractivity contribution in [2.24, 2.45) is 0 Å². The van der Waals surface area contributed by atoms with Crippen molar-refractivity contribution in [1.82, 2.24) is 4.57 Å². The molecule has 11 aromatic rings. The minimum atomic E-state index is 1.14. The maximum Gasteiger partial charge on any atom is 0.0541 e. The van der Waals surface area contributed by atoms with Crippen LogP contribution in [0.25, 0.3) is 105 Å². The van der Waals surface area contributed by atoms with Crippen LogP contribution in [0.5, 0.6) is 0 Å². The smallest absolute Gasteiger partial charge is 0.0541 e. The Balaban J connectivity index is 1.12. The van der Waals surface area contributed by atoms with E-state index in [0.717, 1.165) is 11.3 Å². The van der Waals surface area contributed by atoms with Crippen LogP contribution in [0.1, 0.15) is 0 Å². The van der Waals surface area contributed by atoms with E-state index in [1.54, 1.807) is 0 Å². The summed E-state index contributed by atoms with van der Waals surface area (Å²) in [4.78, 5) is 0. The van der Waals surface area contributed by atoms with Crippen molar-refractivity contribution in [3.05, 3.63) is 249 Å². The number of hydrogen-bond donors (Lipinski definition) is 0. The first-order chi connectivity index (χ1) is 30.2. The molecule has 0 radical (unpaired) electrons. The molecule has 0 fully saturated rings. The summed E-state index contributed by atoms with van der Waals surface area (Å²) in [7, 11) is 0. The fourth-order valence-electron chi connectivity index (χ4n) is 8.91. The normalized spacial score (nSPS) is 11.3. The summed E-state index contributed by atoms with van der Waals surface area (Å²) < 4.78 is 2.39. The van der Waals surface area contributed by atoms with Crippen LogP contribution in [-0.2, 0) is 0 Å². The number of aromatic nitrogens is 1. The molecule has 0 N–H and O–H groups in total. The Labute approximate surface area is 357 Å². The molecule has 0 saturated carbocycles. The number of benzene rings is 10. The van der Waals surface area contributed by atoms with Gasteiger partial charge in [-0.15, -0.1) is 0 Å². The van der Waals surface area contributed by atoms with E-state index in [-0.39, 0.29) is 0 Å². The van der Waals surface area contributed by atoms with E-state index in [1.165, 1.54) is 94.1 Å². The quantitative estimate of drug-likeness (QED) is 0.145. The van der Waals surface area contributed by atoms with Crippen LogP contribution >= 0.6 is 0 Å². The first-order valence-electron chi connectivity index (χ1n) is 21.0. The lowest BCUT2D eigenvalue weighted by Crippen LogP contribution is -1.94. The fraction of sp³-hybridized carbons (Fsp3) is 0. The second-order valence-corrected chi connectivity index (χ2v) is 15.8. The molecule has 0 atom stereocenters. The van der Waals surface area contributed by atoms with Crippen LogP contribution in [0.3, 0.4) is 0 Å².